The fraction of sp³-hybridized carbons (Fsp3) is 0.222. The number of methoxy groups -OCH3 is 1. The Bertz CT molecular complexity index is 317. The molecule has 0 aliphatic carbocycles. The molecule has 1 aromatic carbocycles. The Kier molecular flexibility index (Phi) is 2.95. The van der Waals surface area contributed by atoms with Crippen molar-refractivity contribution in [2.24, 2.45) is 0 Å². The van der Waals surface area contributed by atoms with Gasteiger partial charge in [-0.2, -0.15) is 5.26 Å². The second-order valence-corrected chi connectivity index (χ2v) is 2.70. The molecule has 0 fully saturated rings. The maximum absolute atomic E-state index is 8.46. The highest BCUT2D eigenvalue weighted by atomic mass is 35.5. The van der Waals surface area contributed by atoms with Crippen LogP contribution in [0.3, 0.4) is 0 Å². The summed E-state index contributed by atoms with van der Waals surface area (Å²) in [5.41, 5.74) is 0.804. The van der Waals surface area contributed by atoms with E-state index in [1.165, 1.54) is 0 Å². The van der Waals surface area contributed by atoms with Gasteiger partial charge in [0, 0.05) is 5.02 Å². The highest BCUT2D eigenvalue weighted by Gasteiger charge is 2.00. The van der Waals surface area contributed by atoms with Crippen LogP contribution in [0.2, 0.25) is 5.02 Å². The molecule has 1 aromatic rings. The lowest BCUT2D eigenvalue weighted by Gasteiger charge is -2.02. The van der Waals surface area contributed by atoms with E-state index < -0.39 is 0 Å². The van der Waals surface area contributed by atoms with Gasteiger partial charge in [0.2, 0.25) is 0 Å². The standard InChI is InChI=1S/C9H8ClNO/c1-12-8-2-3-9(10)7(6-8)4-5-11/h2-3,6H,4H2,1H3. The van der Waals surface area contributed by atoms with Crippen molar-refractivity contribution in [3.63, 3.8) is 0 Å². The summed E-state index contributed by atoms with van der Waals surface area (Å²) < 4.78 is 4.99. The van der Waals surface area contributed by atoms with Crippen molar-refractivity contribution in [2.75, 3.05) is 7.11 Å². The average Bonchev–Trinajstić information content (AvgIpc) is 2.09. The third-order valence-electron chi connectivity index (χ3n) is 1.52. The van der Waals surface area contributed by atoms with E-state index in [-0.39, 0.29) is 0 Å². The van der Waals surface area contributed by atoms with Crippen LogP contribution in [-0.2, 0) is 6.42 Å². The topological polar surface area (TPSA) is 33.0 Å². The first-order valence-corrected chi connectivity index (χ1v) is 3.85. The normalized spacial score (nSPS) is 9.08. The Labute approximate surface area is 76.3 Å². The van der Waals surface area contributed by atoms with Gasteiger partial charge in [-0.1, -0.05) is 11.6 Å². The number of halogens is 1. The molecule has 0 bridgehead atoms. The van der Waals surface area contributed by atoms with Gasteiger partial charge in [0.1, 0.15) is 5.75 Å². The number of benzene rings is 1. The van der Waals surface area contributed by atoms with Crippen molar-refractivity contribution < 1.29 is 4.74 Å². The summed E-state index contributed by atoms with van der Waals surface area (Å²) in [6, 6.07) is 7.30. The van der Waals surface area contributed by atoms with Crippen LogP contribution in [0.25, 0.3) is 0 Å². The molecule has 0 aliphatic rings. The molecule has 0 N–H and O–H groups in total. The maximum atomic E-state index is 8.46. The average molecular weight is 182 g/mol. The Morgan fingerprint density at radius 3 is 2.92 bits per heavy atom. The van der Waals surface area contributed by atoms with Crippen LogP contribution < -0.4 is 4.74 Å². The molecule has 0 radical (unpaired) electrons. The molecule has 0 aromatic heterocycles. The van der Waals surface area contributed by atoms with Gasteiger partial charge in [-0.15, -0.1) is 0 Å². The Balaban J connectivity index is 3.01. The summed E-state index contributed by atoms with van der Waals surface area (Å²) in [6.45, 7) is 0. The lowest BCUT2D eigenvalue weighted by molar-refractivity contribution is 0.414. The van der Waals surface area contributed by atoms with E-state index in [1.54, 1.807) is 25.3 Å². The largest absolute Gasteiger partial charge is 0.497 e. The molecule has 12 heavy (non-hydrogen) atoms. The molecule has 3 heteroatoms. The van der Waals surface area contributed by atoms with Crippen LogP contribution in [0.15, 0.2) is 18.2 Å². The summed E-state index contributed by atoms with van der Waals surface area (Å²) in [6.07, 6.45) is 0.316. The molecule has 2 nitrogen and oxygen atoms in total. The Morgan fingerprint density at radius 1 is 1.58 bits per heavy atom. The minimum absolute atomic E-state index is 0.316. The van der Waals surface area contributed by atoms with Crippen LogP contribution in [-0.4, -0.2) is 7.11 Å². The first-order valence-electron chi connectivity index (χ1n) is 3.47. The minimum Gasteiger partial charge on any atom is -0.497 e. The molecule has 0 aliphatic heterocycles. The smallest absolute Gasteiger partial charge is 0.119 e. The van der Waals surface area contributed by atoms with E-state index in [9.17, 15) is 0 Å². The molecular formula is C9H8ClNO. The number of nitrogens with zero attached hydrogens (tertiary/aromatic N) is 1. The summed E-state index contributed by atoms with van der Waals surface area (Å²) in [5, 5.41) is 9.07. The van der Waals surface area contributed by atoms with Crippen molar-refractivity contribution in [1.29, 1.82) is 5.26 Å². The minimum atomic E-state index is 0.316. The second kappa shape index (κ2) is 3.99. The number of hydrogen-bond acceptors (Lipinski definition) is 2. The van der Waals surface area contributed by atoms with Gasteiger partial charge in [0.05, 0.1) is 19.6 Å². The van der Waals surface area contributed by atoms with E-state index in [1.807, 2.05) is 6.07 Å². The molecule has 0 unspecified atom stereocenters. The predicted octanol–water partition coefficient (Wildman–Crippen LogP) is 2.41. The van der Waals surface area contributed by atoms with Gasteiger partial charge in [-0.05, 0) is 23.8 Å². The van der Waals surface area contributed by atoms with E-state index in [4.69, 9.17) is 21.6 Å². The van der Waals surface area contributed by atoms with Gasteiger partial charge in [0.25, 0.3) is 0 Å². The highest BCUT2D eigenvalue weighted by molar-refractivity contribution is 6.31. The molecule has 0 saturated carbocycles. The zero-order chi connectivity index (χ0) is 8.97. The zero-order valence-electron chi connectivity index (χ0n) is 6.67. The van der Waals surface area contributed by atoms with E-state index in [0.717, 1.165) is 11.3 Å². The van der Waals surface area contributed by atoms with Crippen molar-refractivity contribution in [1.82, 2.24) is 0 Å². The number of rotatable bonds is 2. The van der Waals surface area contributed by atoms with Gasteiger partial charge in [-0.3, -0.25) is 0 Å². The van der Waals surface area contributed by atoms with Gasteiger partial charge < -0.3 is 4.74 Å². The SMILES string of the molecule is COc1ccc(Cl)c(CC#N)c1. The first-order chi connectivity index (χ1) is 5.77. The van der Waals surface area contributed by atoms with Crippen molar-refractivity contribution in [3.8, 4) is 11.8 Å². The Morgan fingerprint density at radius 2 is 2.33 bits per heavy atom. The van der Waals surface area contributed by atoms with Crippen molar-refractivity contribution in [3.05, 3.63) is 28.8 Å². The molecule has 0 amide bonds. The van der Waals surface area contributed by atoms with Crippen LogP contribution in [0.5, 0.6) is 5.75 Å². The lowest BCUT2D eigenvalue weighted by Crippen LogP contribution is -1.87. The van der Waals surface area contributed by atoms with Gasteiger partial charge in [-0.25, -0.2) is 0 Å². The summed E-state index contributed by atoms with van der Waals surface area (Å²) in [7, 11) is 1.58. The van der Waals surface area contributed by atoms with Crippen LogP contribution in [0.4, 0.5) is 0 Å². The number of ether oxygens (including phenoxy) is 1. The maximum Gasteiger partial charge on any atom is 0.119 e. The molecule has 62 valence electrons. The monoisotopic (exact) mass is 181 g/mol. The quantitative estimate of drug-likeness (QED) is 0.702. The summed E-state index contributed by atoms with van der Waals surface area (Å²) in [4.78, 5) is 0. The predicted molar refractivity (Wildman–Crippen MR) is 47.3 cm³/mol. The third kappa shape index (κ3) is 1.90. The summed E-state index contributed by atoms with van der Waals surface area (Å²) in [5.74, 6) is 0.727. The molecule has 0 spiro atoms. The fourth-order valence-corrected chi connectivity index (χ4v) is 1.08. The lowest BCUT2D eigenvalue weighted by atomic mass is 10.1. The molecule has 0 atom stereocenters. The first kappa shape index (κ1) is 8.89. The van der Waals surface area contributed by atoms with Crippen molar-refractivity contribution >= 4 is 11.6 Å². The van der Waals surface area contributed by atoms with Crippen LogP contribution >= 0.6 is 11.6 Å². The van der Waals surface area contributed by atoms with Gasteiger partial charge >= 0.3 is 0 Å². The fourth-order valence-electron chi connectivity index (χ4n) is 0.899. The van der Waals surface area contributed by atoms with Crippen molar-refractivity contribution in [2.45, 2.75) is 6.42 Å². The molecule has 1 rings (SSSR count). The third-order valence-corrected chi connectivity index (χ3v) is 1.89. The van der Waals surface area contributed by atoms with E-state index in [2.05, 4.69) is 0 Å². The molecular weight excluding hydrogens is 174 g/mol. The van der Waals surface area contributed by atoms with Crippen LogP contribution in [0.1, 0.15) is 5.56 Å². The van der Waals surface area contributed by atoms with Gasteiger partial charge in [0.15, 0.2) is 0 Å². The molecule has 0 saturated heterocycles. The molecule has 0 heterocycles. The second-order valence-electron chi connectivity index (χ2n) is 2.29. The van der Waals surface area contributed by atoms with E-state index >= 15 is 0 Å². The van der Waals surface area contributed by atoms with Crippen LogP contribution in [0, 0.1) is 11.3 Å². The number of nitriles is 1. The summed E-state index contributed by atoms with van der Waals surface area (Å²) >= 11 is 5.83. The Hall–Kier alpha value is -1.20. The highest BCUT2D eigenvalue weighted by Crippen LogP contribution is 2.21. The van der Waals surface area contributed by atoms with E-state index in [0.29, 0.717) is 11.4 Å². The number of hydrogen-bond donors (Lipinski definition) is 0. The zero-order valence-corrected chi connectivity index (χ0v) is 7.43.